The van der Waals surface area contributed by atoms with Crippen LogP contribution in [-0.2, 0) is 28.5 Å². The molecule has 7 nitrogen and oxygen atoms in total. The Morgan fingerprint density at radius 1 is 1.46 bits per heavy atom. The molecule has 1 N–H and O–H groups in total. The summed E-state index contributed by atoms with van der Waals surface area (Å²) in [5.74, 6) is -1.15. The third-order valence-electron chi connectivity index (χ3n) is 6.11. The molecule has 2 heterocycles. The first-order chi connectivity index (χ1) is 12.2. The first kappa shape index (κ1) is 19.3. The van der Waals surface area contributed by atoms with Crippen molar-refractivity contribution in [1.29, 1.82) is 0 Å². The third kappa shape index (κ3) is 3.06. The van der Waals surface area contributed by atoms with Crippen LogP contribution >= 0.6 is 0 Å². The molecule has 26 heavy (non-hydrogen) atoms. The van der Waals surface area contributed by atoms with E-state index in [-0.39, 0.29) is 29.8 Å². The van der Waals surface area contributed by atoms with E-state index in [1.807, 2.05) is 20.8 Å². The third-order valence-corrected chi connectivity index (χ3v) is 6.11. The maximum Gasteiger partial charge on any atom is 0.334 e. The minimum atomic E-state index is -1.26. The van der Waals surface area contributed by atoms with Gasteiger partial charge in [0.25, 0.3) is 0 Å². The number of esters is 2. The van der Waals surface area contributed by atoms with Gasteiger partial charge in [-0.25, -0.2) is 4.79 Å². The van der Waals surface area contributed by atoms with Gasteiger partial charge >= 0.3 is 11.9 Å². The summed E-state index contributed by atoms with van der Waals surface area (Å²) in [6, 6.07) is 0. The summed E-state index contributed by atoms with van der Waals surface area (Å²) in [4.78, 5) is 23.6. The number of hydrogen-bond donors (Lipinski definition) is 1. The quantitative estimate of drug-likeness (QED) is 0.600. The van der Waals surface area contributed by atoms with Gasteiger partial charge in [-0.05, 0) is 25.7 Å². The van der Waals surface area contributed by atoms with Gasteiger partial charge in [0.05, 0.1) is 0 Å². The summed E-state index contributed by atoms with van der Waals surface area (Å²) in [5, 5.41) is 10.5. The van der Waals surface area contributed by atoms with Crippen molar-refractivity contribution < 1.29 is 33.6 Å². The molecule has 146 valence electrons. The number of aliphatic hydroxyl groups is 1. The number of carbonyl (C=O) groups is 2. The largest absolute Gasteiger partial charge is 0.458 e. The maximum atomic E-state index is 12.0. The number of fused-ring (bicyclic) bond motifs is 2. The fraction of sp³-hybridized carbons (Fsp3) is 0.789. The number of rotatable bonds is 3. The molecule has 0 bridgehead atoms. The van der Waals surface area contributed by atoms with Gasteiger partial charge in [-0.2, -0.15) is 0 Å². The van der Waals surface area contributed by atoms with Crippen molar-refractivity contribution in [3.8, 4) is 0 Å². The Morgan fingerprint density at radius 3 is 2.77 bits per heavy atom. The monoisotopic (exact) mass is 368 g/mol. The number of carbonyl (C=O) groups excluding carboxylic acids is 2. The van der Waals surface area contributed by atoms with Crippen LogP contribution in [0, 0.1) is 23.2 Å². The summed E-state index contributed by atoms with van der Waals surface area (Å²) in [5.41, 5.74) is -0.111. The number of hydrogen-bond acceptors (Lipinski definition) is 7. The van der Waals surface area contributed by atoms with Crippen LogP contribution in [0.5, 0.6) is 0 Å². The molecule has 0 aromatic rings. The topological polar surface area (TPSA) is 91.3 Å². The molecule has 3 rings (SSSR count). The molecule has 1 aliphatic carbocycles. The predicted octanol–water partition coefficient (Wildman–Crippen LogP) is 1.78. The Labute approximate surface area is 153 Å². The molecular formula is C19H28O7. The highest BCUT2D eigenvalue weighted by Gasteiger charge is 2.61. The summed E-state index contributed by atoms with van der Waals surface area (Å²) in [7, 11) is 0. The zero-order valence-electron chi connectivity index (χ0n) is 15.8. The van der Waals surface area contributed by atoms with Crippen LogP contribution < -0.4 is 0 Å². The zero-order chi connectivity index (χ0) is 19.2. The molecule has 7 heteroatoms. The average Bonchev–Trinajstić information content (AvgIpc) is 2.73. The van der Waals surface area contributed by atoms with Gasteiger partial charge in [0.15, 0.2) is 18.7 Å². The second kappa shape index (κ2) is 6.94. The van der Waals surface area contributed by atoms with Crippen LogP contribution in [0.4, 0.5) is 0 Å². The zero-order valence-corrected chi connectivity index (χ0v) is 15.8. The van der Waals surface area contributed by atoms with Gasteiger partial charge in [0, 0.05) is 36.4 Å². The van der Waals surface area contributed by atoms with E-state index in [0.29, 0.717) is 25.0 Å². The number of ether oxygens (including phenoxy) is 4. The SMILES string of the molecule is C=C1C(=O)OC2CC(C)C3C(OC(C)=O)C(O)OC(OCC)C3(C)CC12. The summed E-state index contributed by atoms with van der Waals surface area (Å²) >= 11 is 0. The lowest BCUT2D eigenvalue weighted by Crippen LogP contribution is -2.60. The Hall–Kier alpha value is -1.44. The van der Waals surface area contributed by atoms with Crippen LogP contribution in [-0.4, -0.2) is 48.4 Å². The number of aliphatic hydroxyl groups excluding tert-OH is 1. The van der Waals surface area contributed by atoms with E-state index in [9.17, 15) is 14.7 Å². The lowest BCUT2D eigenvalue weighted by Gasteiger charge is -2.52. The van der Waals surface area contributed by atoms with Gasteiger partial charge in [0.1, 0.15) is 6.10 Å². The van der Waals surface area contributed by atoms with Crippen LogP contribution in [0.3, 0.4) is 0 Å². The minimum Gasteiger partial charge on any atom is -0.458 e. The summed E-state index contributed by atoms with van der Waals surface area (Å²) in [6.45, 7) is 11.5. The second-order valence-corrected chi connectivity index (χ2v) is 7.91. The molecule has 8 unspecified atom stereocenters. The fourth-order valence-corrected chi connectivity index (χ4v) is 5.10. The van der Waals surface area contributed by atoms with Crippen LogP contribution in [0.25, 0.3) is 0 Å². The molecule has 0 spiro atoms. The van der Waals surface area contributed by atoms with Gasteiger partial charge in [-0.1, -0.05) is 20.4 Å². The molecule has 0 amide bonds. The normalized spacial score (nSPS) is 45.3. The smallest absolute Gasteiger partial charge is 0.334 e. The Balaban J connectivity index is 2.02. The summed E-state index contributed by atoms with van der Waals surface area (Å²) in [6.07, 6.45) is -1.84. The highest BCUT2D eigenvalue weighted by Crippen LogP contribution is 2.56. The highest BCUT2D eigenvalue weighted by molar-refractivity contribution is 5.90. The standard InChI is InChI=1S/C19H28O7/c1-6-23-18-19(5)8-12-10(3)16(21)25-13(12)7-9(2)14(19)15(17(22)26-18)24-11(4)20/h9,12-15,17-18,22H,3,6-8H2,1-2,4-5H3. The molecule has 3 fully saturated rings. The Kier molecular flexibility index (Phi) is 5.16. The highest BCUT2D eigenvalue weighted by atomic mass is 16.7. The molecule has 1 saturated carbocycles. The van der Waals surface area contributed by atoms with E-state index in [1.54, 1.807) is 0 Å². The molecule has 0 aromatic carbocycles. The van der Waals surface area contributed by atoms with Crippen LogP contribution in [0.1, 0.15) is 40.5 Å². The molecule has 3 aliphatic rings. The van der Waals surface area contributed by atoms with Crippen LogP contribution in [0.2, 0.25) is 0 Å². The van der Waals surface area contributed by atoms with Crippen molar-refractivity contribution in [2.45, 2.75) is 65.3 Å². The molecule has 2 saturated heterocycles. The van der Waals surface area contributed by atoms with Crippen LogP contribution in [0.15, 0.2) is 12.2 Å². The van der Waals surface area contributed by atoms with Gasteiger partial charge in [-0.15, -0.1) is 0 Å². The Bertz CT molecular complexity index is 603. The van der Waals surface area contributed by atoms with Crippen molar-refractivity contribution in [2.75, 3.05) is 6.61 Å². The first-order valence-electron chi connectivity index (χ1n) is 9.21. The van der Waals surface area contributed by atoms with Crippen molar-refractivity contribution in [3.05, 3.63) is 12.2 Å². The van der Waals surface area contributed by atoms with E-state index >= 15 is 0 Å². The lowest BCUT2D eigenvalue weighted by atomic mass is 9.64. The molecule has 0 aromatic heterocycles. The summed E-state index contributed by atoms with van der Waals surface area (Å²) < 4.78 is 22.5. The minimum absolute atomic E-state index is 0.0135. The average molecular weight is 368 g/mol. The fourth-order valence-electron chi connectivity index (χ4n) is 5.10. The van der Waals surface area contributed by atoms with Gasteiger partial charge in [0.2, 0.25) is 0 Å². The van der Waals surface area contributed by atoms with Gasteiger partial charge < -0.3 is 24.1 Å². The van der Waals surface area contributed by atoms with E-state index in [1.165, 1.54) is 6.92 Å². The van der Waals surface area contributed by atoms with Crippen molar-refractivity contribution >= 4 is 11.9 Å². The van der Waals surface area contributed by atoms with E-state index in [2.05, 4.69) is 6.58 Å². The van der Waals surface area contributed by atoms with Crippen molar-refractivity contribution in [2.24, 2.45) is 23.2 Å². The van der Waals surface area contributed by atoms with E-state index in [4.69, 9.17) is 18.9 Å². The van der Waals surface area contributed by atoms with E-state index in [0.717, 1.165) is 0 Å². The molecule has 8 atom stereocenters. The maximum absolute atomic E-state index is 12.0. The molecular weight excluding hydrogens is 340 g/mol. The van der Waals surface area contributed by atoms with E-state index < -0.39 is 30.1 Å². The van der Waals surface area contributed by atoms with Crippen molar-refractivity contribution in [1.82, 2.24) is 0 Å². The van der Waals surface area contributed by atoms with Gasteiger partial charge in [-0.3, -0.25) is 4.79 Å². The van der Waals surface area contributed by atoms with Crippen molar-refractivity contribution in [3.63, 3.8) is 0 Å². The lowest BCUT2D eigenvalue weighted by molar-refractivity contribution is -0.351. The molecule has 2 aliphatic heterocycles. The predicted molar refractivity (Wildman–Crippen MR) is 90.6 cm³/mol. The second-order valence-electron chi connectivity index (χ2n) is 7.91. The Morgan fingerprint density at radius 2 is 2.15 bits per heavy atom. The molecule has 0 radical (unpaired) electrons. The first-order valence-corrected chi connectivity index (χ1v) is 9.21.